The van der Waals surface area contributed by atoms with Crippen LogP contribution in [0.3, 0.4) is 0 Å². The van der Waals surface area contributed by atoms with Crippen LogP contribution in [0.5, 0.6) is 0 Å². The molecule has 0 saturated heterocycles. The van der Waals surface area contributed by atoms with Crippen molar-refractivity contribution in [2.24, 2.45) is 0 Å². The van der Waals surface area contributed by atoms with E-state index in [0.717, 1.165) is 25.7 Å². The molecule has 2 rings (SSSR count). The molecule has 4 nitrogen and oxygen atoms in total. The molecule has 17 heavy (non-hydrogen) atoms. The summed E-state index contributed by atoms with van der Waals surface area (Å²) < 4.78 is 0. The Morgan fingerprint density at radius 2 is 2.06 bits per heavy atom. The number of hydrogen-bond donors (Lipinski definition) is 1. The van der Waals surface area contributed by atoms with E-state index in [1.54, 1.807) is 18.2 Å². The molecule has 0 amide bonds. The Hall–Kier alpha value is -1.29. The first-order chi connectivity index (χ1) is 8.02. The van der Waals surface area contributed by atoms with Crippen molar-refractivity contribution >= 4 is 23.0 Å². The molecular weight excluding hydrogens is 240 g/mol. The Morgan fingerprint density at radius 3 is 2.65 bits per heavy atom. The van der Waals surface area contributed by atoms with E-state index in [4.69, 9.17) is 11.6 Å². The van der Waals surface area contributed by atoms with Gasteiger partial charge >= 0.3 is 5.69 Å². The molecule has 1 aliphatic rings. The fraction of sp³-hybridized carbons (Fsp3) is 0.500. The van der Waals surface area contributed by atoms with Crippen LogP contribution in [0.25, 0.3) is 0 Å². The molecular formula is C12H15ClN2O2. The van der Waals surface area contributed by atoms with Crippen LogP contribution < -0.4 is 5.32 Å². The van der Waals surface area contributed by atoms with Gasteiger partial charge in [-0.1, -0.05) is 30.5 Å². The van der Waals surface area contributed by atoms with Crippen molar-refractivity contribution in [2.75, 3.05) is 5.32 Å². The zero-order valence-corrected chi connectivity index (χ0v) is 10.5. The van der Waals surface area contributed by atoms with Gasteiger partial charge in [0.15, 0.2) is 0 Å². The van der Waals surface area contributed by atoms with Crippen LogP contribution in [-0.2, 0) is 0 Å². The van der Waals surface area contributed by atoms with E-state index < -0.39 is 4.92 Å². The van der Waals surface area contributed by atoms with E-state index in [-0.39, 0.29) is 16.2 Å². The maximum absolute atomic E-state index is 11.0. The van der Waals surface area contributed by atoms with Crippen LogP contribution in [0.4, 0.5) is 11.4 Å². The number of nitro benzene ring substituents is 1. The second-order valence-electron chi connectivity index (χ2n) is 4.79. The SMILES string of the molecule is CC1(Nc2cccc(Cl)c2[N+](=O)[O-])CCCC1. The van der Waals surface area contributed by atoms with Gasteiger partial charge < -0.3 is 5.32 Å². The van der Waals surface area contributed by atoms with Gasteiger partial charge in [-0.15, -0.1) is 0 Å². The normalized spacial score (nSPS) is 18.0. The van der Waals surface area contributed by atoms with Crippen molar-refractivity contribution in [1.29, 1.82) is 0 Å². The third kappa shape index (κ3) is 2.52. The fourth-order valence-electron chi connectivity index (χ4n) is 2.41. The molecule has 0 heterocycles. The molecule has 5 heteroatoms. The number of hydrogen-bond acceptors (Lipinski definition) is 3. The van der Waals surface area contributed by atoms with Gasteiger partial charge in [0, 0.05) is 5.54 Å². The first-order valence-electron chi connectivity index (χ1n) is 5.73. The lowest BCUT2D eigenvalue weighted by Gasteiger charge is -2.26. The predicted octanol–water partition coefficient (Wildman–Crippen LogP) is 3.99. The van der Waals surface area contributed by atoms with Crippen molar-refractivity contribution < 1.29 is 4.92 Å². The summed E-state index contributed by atoms with van der Waals surface area (Å²) in [5.74, 6) is 0. The molecule has 0 bridgehead atoms. The second-order valence-corrected chi connectivity index (χ2v) is 5.19. The van der Waals surface area contributed by atoms with E-state index in [1.165, 1.54) is 0 Å². The van der Waals surface area contributed by atoms with Crippen LogP contribution in [-0.4, -0.2) is 10.5 Å². The van der Waals surface area contributed by atoms with Crippen LogP contribution in [0, 0.1) is 10.1 Å². The Bertz CT molecular complexity index is 442. The van der Waals surface area contributed by atoms with Crippen molar-refractivity contribution in [3.05, 3.63) is 33.3 Å². The summed E-state index contributed by atoms with van der Waals surface area (Å²) in [6, 6.07) is 4.99. The quantitative estimate of drug-likeness (QED) is 0.655. The number of para-hydroxylation sites is 1. The second kappa shape index (κ2) is 4.53. The third-order valence-electron chi connectivity index (χ3n) is 3.31. The highest BCUT2D eigenvalue weighted by molar-refractivity contribution is 6.33. The molecule has 1 N–H and O–H groups in total. The number of nitrogens with zero attached hydrogens (tertiary/aromatic N) is 1. The zero-order valence-electron chi connectivity index (χ0n) is 9.70. The van der Waals surface area contributed by atoms with Gasteiger partial charge in [0.2, 0.25) is 0 Å². The Labute approximate surface area is 105 Å². The lowest BCUT2D eigenvalue weighted by molar-refractivity contribution is -0.383. The van der Waals surface area contributed by atoms with E-state index in [2.05, 4.69) is 12.2 Å². The minimum atomic E-state index is -0.428. The summed E-state index contributed by atoms with van der Waals surface area (Å²) in [5.41, 5.74) is 0.448. The van der Waals surface area contributed by atoms with Crippen LogP contribution in [0.15, 0.2) is 18.2 Å². The maximum atomic E-state index is 11.0. The molecule has 0 radical (unpaired) electrons. The summed E-state index contributed by atoms with van der Waals surface area (Å²) in [6.07, 6.45) is 4.41. The number of nitrogens with one attached hydrogen (secondary N) is 1. The van der Waals surface area contributed by atoms with Gasteiger partial charge in [-0.2, -0.15) is 0 Å². The molecule has 0 aliphatic heterocycles. The number of nitro groups is 1. The van der Waals surface area contributed by atoms with Crippen LogP contribution in [0.1, 0.15) is 32.6 Å². The maximum Gasteiger partial charge on any atom is 0.310 e. The Balaban J connectivity index is 2.32. The van der Waals surface area contributed by atoms with E-state index in [0.29, 0.717) is 5.69 Å². The summed E-state index contributed by atoms with van der Waals surface area (Å²) in [6.45, 7) is 2.10. The lowest BCUT2D eigenvalue weighted by atomic mass is 10.00. The van der Waals surface area contributed by atoms with Gasteiger partial charge in [0.25, 0.3) is 0 Å². The first kappa shape index (κ1) is 12.2. The molecule has 0 atom stereocenters. The molecule has 1 saturated carbocycles. The van der Waals surface area contributed by atoms with Crippen LogP contribution in [0.2, 0.25) is 5.02 Å². The highest BCUT2D eigenvalue weighted by Gasteiger charge is 2.31. The van der Waals surface area contributed by atoms with Gasteiger partial charge in [-0.05, 0) is 31.9 Å². The highest BCUT2D eigenvalue weighted by atomic mass is 35.5. The Morgan fingerprint density at radius 1 is 1.41 bits per heavy atom. The summed E-state index contributed by atoms with van der Waals surface area (Å²) >= 11 is 5.87. The zero-order chi connectivity index (χ0) is 12.5. The average molecular weight is 255 g/mol. The topological polar surface area (TPSA) is 55.2 Å². The van der Waals surface area contributed by atoms with E-state index in [9.17, 15) is 10.1 Å². The number of rotatable bonds is 3. The van der Waals surface area contributed by atoms with Gasteiger partial charge in [-0.3, -0.25) is 10.1 Å². The molecule has 92 valence electrons. The summed E-state index contributed by atoms with van der Waals surface area (Å²) in [4.78, 5) is 10.6. The number of anilines is 1. The molecule has 1 aromatic rings. The van der Waals surface area contributed by atoms with Crippen molar-refractivity contribution in [1.82, 2.24) is 0 Å². The molecule has 1 aromatic carbocycles. The van der Waals surface area contributed by atoms with Gasteiger partial charge in [0.1, 0.15) is 10.7 Å². The Kier molecular flexibility index (Phi) is 3.24. The smallest absolute Gasteiger partial charge is 0.310 e. The lowest BCUT2D eigenvalue weighted by Crippen LogP contribution is -2.31. The van der Waals surface area contributed by atoms with Gasteiger partial charge in [0.05, 0.1) is 4.92 Å². The van der Waals surface area contributed by atoms with E-state index >= 15 is 0 Å². The van der Waals surface area contributed by atoms with Crippen molar-refractivity contribution in [3.63, 3.8) is 0 Å². The fourth-order valence-corrected chi connectivity index (χ4v) is 2.65. The molecule has 1 aliphatic carbocycles. The van der Waals surface area contributed by atoms with Crippen molar-refractivity contribution in [3.8, 4) is 0 Å². The molecule has 1 fully saturated rings. The first-order valence-corrected chi connectivity index (χ1v) is 6.11. The largest absolute Gasteiger partial charge is 0.374 e. The summed E-state index contributed by atoms with van der Waals surface area (Å²) in [5, 5.41) is 14.5. The number of benzene rings is 1. The summed E-state index contributed by atoms with van der Waals surface area (Å²) in [7, 11) is 0. The number of halogens is 1. The van der Waals surface area contributed by atoms with Crippen molar-refractivity contribution in [2.45, 2.75) is 38.1 Å². The molecule has 0 unspecified atom stereocenters. The minimum Gasteiger partial charge on any atom is -0.374 e. The van der Waals surface area contributed by atoms with Gasteiger partial charge in [-0.25, -0.2) is 0 Å². The monoisotopic (exact) mass is 254 g/mol. The average Bonchev–Trinajstić information content (AvgIpc) is 2.64. The van der Waals surface area contributed by atoms with E-state index in [1.807, 2.05) is 0 Å². The predicted molar refractivity (Wildman–Crippen MR) is 68.6 cm³/mol. The molecule has 0 aromatic heterocycles. The standard InChI is InChI=1S/C12H15ClN2O2/c1-12(7-2-3-8-12)14-10-6-4-5-9(13)11(10)15(16)17/h4-6,14H,2-3,7-8H2,1H3. The third-order valence-corrected chi connectivity index (χ3v) is 3.62. The highest BCUT2D eigenvalue weighted by Crippen LogP contribution is 2.38. The van der Waals surface area contributed by atoms with Crippen LogP contribution >= 0.6 is 11.6 Å². The minimum absolute atomic E-state index is 0.0257. The molecule has 0 spiro atoms.